The minimum Gasteiger partial charge on any atom is -0.497 e. The van der Waals surface area contributed by atoms with Crippen molar-refractivity contribution in [2.24, 2.45) is 0 Å². The molecule has 36 heavy (non-hydrogen) atoms. The zero-order valence-corrected chi connectivity index (χ0v) is 22.3. The number of thioether (sulfide) groups is 1. The first-order chi connectivity index (χ1) is 17.3. The highest BCUT2D eigenvalue weighted by Crippen LogP contribution is 2.48. The Morgan fingerprint density at radius 2 is 1.83 bits per heavy atom. The van der Waals surface area contributed by atoms with Gasteiger partial charge in [0.25, 0.3) is 5.91 Å². The molecular formula is C27H34N2O6S. The molecule has 0 unspecified atom stereocenters. The minimum atomic E-state index is -1.08. The third-order valence-electron chi connectivity index (χ3n) is 5.77. The molecule has 0 saturated heterocycles. The first kappa shape index (κ1) is 27.5. The Kier molecular flexibility index (Phi) is 9.78. The Morgan fingerprint density at radius 3 is 2.44 bits per heavy atom. The Labute approximate surface area is 216 Å². The molecular weight excluding hydrogens is 480 g/mol. The number of anilines is 1. The average molecular weight is 515 g/mol. The number of carbonyl (C=O) groups excluding carboxylic acids is 3. The predicted octanol–water partition coefficient (Wildman–Crippen LogP) is 4.33. The van der Waals surface area contributed by atoms with E-state index in [0.29, 0.717) is 41.6 Å². The van der Waals surface area contributed by atoms with Crippen molar-refractivity contribution in [3.63, 3.8) is 0 Å². The molecule has 0 fully saturated rings. The monoisotopic (exact) mass is 514 g/mol. The number of amides is 1. The van der Waals surface area contributed by atoms with E-state index in [1.54, 1.807) is 36.3 Å². The van der Waals surface area contributed by atoms with Crippen LogP contribution >= 0.6 is 11.8 Å². The van der Waals surface area contributed by atoms with Crippen LogP contribution in [0.3, 0.4) is 0 Å². The highest BCUT2D eigenvalue weighted by Gasteiger charge is 2.42. The maximum Gasteiger partial charge on any atom is 0.339 e. The number of carbonyl (C=O) groups is 3. The van der Waals surface area contributed by atoms with Crippen LogP contribution in [-0.4, -0.2) is 69.8 Å². The third kappa shape index (κ3) is 6.59. The lowest BCUT2D eigenvalue weighted by atomic mass is 10.1. The van der Waals surface area contributed by atoms with Crippen LogP contribution in [0.1, 0.15) is 47.9 Å². The maximum absolute atomic E-state index is 13.9. The number of hydrogen-bond acceptors (Lipinski definition) is 8. The van der Waals surface area contributed by atoms with Gasteiger partial charge in [-0.2, -0.15) is 0 Å². The minimum absolute atomic E-state index is 0.324. The van der Waals surface area contributed by atoms with Crippen molar-refractivity contribution in [3.05, 3.63) is 53.6 Å². The average Bonchev–Trinajstić information content (AvgIpc) is 2.97. The molecule has 8 nitrogen and oxygen atoms in total. The maximum atomic E-state index is 13.9. The highest BCUT2D eigenvalue weighted by molar-refractivity contribution is 8.00. The molecule has 2 aromatic rings. The zero-order valence-electron chi connectivity index (χ0n) is 21.5. The number of unbranched alkanes of at least 4 members (excludes halogenated alkanes) is 1. The van der Waals surface area contributed by atoms with E-state index in [1.165, 1.54) is 18.7 Å². The molecule has 0 aromatic heterocycles. The first-order valence-electron chi connectivity index (χ1n) is 12.0. The van der Waals surface area contributed by atoms with E-state index in [2.05, 4.69) is 0 Å². The van der Waals surface area contributed by atoms with E-state index in [9.17, 15) is 14.4 Å². The van der Waals surface area contributed by atoms with Gasteiger partial charge in [-0.25, -0.2) is 4.79 Å². The molecule has 1 heterocycles. The number of likely N-dealkylation sites (N-methyl/N-ethyl adjacent to an activating group) is 1. The summed E-state index contributed by atoms with van der Waals surface area (Å²) < 4.78 is 16.5. The lowest BCUT2D eigenvalue weighted by Crippen LogP contribution is -2.45. The van der Waals surface area contributed by atoms with Crippen molar-refractivity contribution in [3.8, 4) is 5.75 Å². The van der Waals surface area contributed by atoms with Crippen LogP contribution in [0.15, 0.2) is 47.4 Å². The molecule has 3 rings (SSSR count). The summed E-state index contributed by atoms with van der Waals surface area (Å²) in [7, 11) is 5.42. The first-order valence-corrected chi connectivity index (χ1v) is 12.9. The molecule has 0 aliphatic carbocycles. The normalized spacial score (nSPS) is 17.4. The number of hydrogen-bond donors (Lipinski definition) is 0. The molecule has 1 amide bonds. The van der Waals surface area contributed by atoms with Crippen molar-refractivity contribution >= 4 is 35.3 Å². The Morgan fingerprint density at radius 1 is 1.11 bits per heavy atom. The molecule has 0 saturated carbocycles. The molecule has 9 heteroatoms. The summed E-state index contributed by atoms with van der Waals surface area (Å²) in [5.41, 5.74) is 1.76. The summed E-state index contributed by atoms with van der Waals surface area (Å²) in [6.45, 7) is 4.59. The molecule has 0 radical (unpaired) electrons. The predicted molar refractivity (Wildman–Crippen MR) is 140 cm³/mol. The fraction of sp³-hybridized carbons (Fsp3) is 0.444. The third-order valence-corrected chi connectivity index (χ3v) is 7.21. The lowest BCUT2D eigenvalue weighted by molar-refractivity contribution is -0.152. The van der Waals surface area contributed by atoms with Gasteiger partial charge in [-0.05, 0) is 50.3 Å². The van der Waals surface area contributed by atoms with Crippen molar-refractivity contribution in [2.45, 2.75) is 42.9 Å². The summed E-state index contributed by atoms with van der Waals surface area (Å²) in [5, 5.41) is -0.583. The van der Waals surface area contributed by atoms with Crippen LogP contribution in [0.2, 0.25) is 0 Å². The van der Waals surface area contributed by atoms with Crippen LogP contribution in [0.4, 0.5) is 5.69 Å². The number of benzene rings is 2. The van der Waals surface area contributed by atoms with Gasteiger partial charge in [0.1, 0.15) is 5.75 Å². The van der Waals surface area contributed by atoms with Crippen LogP contribution in [-0.2, 0) is 19.1 Å². The van der Waals surface area contributed by atoms with E-state index < -0.39 is 23.3 Å². The van der Waals surface area contributed by atoms with Crippen LogP contribution < -0.4 is 9.64 Å². The number of esters is 2. The molecule has 0 spiro atoms. The summed E-state index contributed by atoms with van der Waals surface area (Å²) in [6, 6.07) is 12.6. The molecule has 1 aliphatic heterocycles. The van der Waals surface area contributed by atoms with Crippen molar-refractivity contribution in [1.82, 2.24) is 4.90 Å². The second-order valence-corrected chi connectivity index (χ2v) is 9.93. The highest BCUT2D eigenvalue weighted by atomic mass is 32.2. The lowest BCUT2D eigenvalue weighted by Gasteiger charge is -2.28. The molecule has 0 N–H and O–H groups in total. The quantitative estimate of drug-likeness (QED) is 0.342. The van der Waals surface area contributed by atoms with E-state index in [4.69, 9.17) is 14.2 Å². The zero-order chi connectivity index (χ0) is 26.2. The van der Waals surface area contributed by atoms with Gasteiger partial charge in [0.2, 0.25) is 0 Å². The van der Waals surface area contributed by atoms with E-state index in [0.717, 1.165) is 18.4 Å². The van der Waals surface area contributed by atoms with Gasteiger partial charge in [0.05, 0.1) is 30.2 Å². The number of rotatable bonds is 10. The molecule has 0 bridgehead atoms. The van der Waals surface area contributed by atoms with Crippen molar-refractivity contribution in [2.75, 3.05) is 45.8 Å². The number of fused-ring (bicyclic) bond motifs is 1. The Hall–Kier alpha value is -3.04. The van der Waals surface area contributed by atoms with Gasteiger partial charge in [-0.1, -0.05) is 31.5 Å². The van der Waals surface area contributed by atoms with Crippen LogP contribution in [0.5, 0.6) is 5.75 Å². The topological polar surface area (TPSA) is 85.4 Å². The van der Waals surface area contributed by atoms with Gasteiger partial charge >= 0.3 is 11.9 Å². The molecule has 1 aliphatic rings. The second kappa shape index (κ2) is 12.8. The van der Waals surface area contributed by atoms with Gasteiger partial charge in [0.15, 0.2) is 6.10 Å². The van der Waals surface area contributed by atoms with Crippen molar-refractivity contribution < 1.29 is 28.6 Å². The summed E-state index contributed by atoms with van der Waals surface area (Å²) in [6.07, 6.45) is 0.592. The fourth-order valence-corrected chi connectivity index (χ4v) is 5.28. The number of methoxy groups -OCH3 is 1. The number of nitrogens with zero attached hydrogens (tertiary/aromatic N) is 2. The largest absolute Gasteiger partial charge is 0.497 e. The summed E-state index contributed by atoms with van der Waals surface area (Å²) in [4.78, 5) is 43.3. The Balaban J connectivity index is 2.14. The van der Waals surface area contributed by atoms with E-state index in [-0.39, 0.29) is 5.91 Å². The molecule has 2 atom stereocenters. The molecule has 2 aromatic carbocycles. The fourth-order valence-electron chi connectivity index (χ4n) is 3.86. The standard InChI is InChI=1S/C27H34N2O6S/c1-6-7-17-34-27(32)21-9-8-10-22-25(21)36-24(19-11-13-20(33-5)14-12-19)23(35-18(2)30)26(31)29(22)16-15-28(3)4/h8-14,23-24H,6-7,15-17H2,1-5H3/t23-,24+/m1/s1. The van der Waals surface area contributed by atoms with Gasteiger partial charge in [-0.15, -0.1) is 11.8 Å². The van der Waals surface area contributed by atoms with E-state index >= 15 is 0 Å². The summed E-state index contributed by atoms with van der Waals surface area (Å²) in [5.74, 6) is -0.658. The van der Waals surface area contributed by atoms with Crippen LogP contribution in [0, 0.1) is 0 Å². The molecule has 194 valence electrons. The van der Waals surface area contributed by atoms with E-state index in [1.807, 2.05) is 44.1 Å². The SMILES string of the molecule is CCCCOC(=O)c1cccc2c1S[C@@H](c1ccc(OC)cc1)[C@@H](OC(C)=O)C(=O)N2CCN(C)C. The number of ether oxygens (including phenoxy) is 3. The Bertz CT molecular complexity index is 1070. The van der Waals surface area contributed by atoms with Crippen molar-refractivity contribution in [1.29, 1.82) is 0 Å². The second-order valence-electron chi connectivity index (χ2n) is 8.78. The van der Waals surface area contributed by atoms with Crippen LogP contribution in [0.25, 0.3) is 0 Å². The summed E-state index contributed by atoms with van der Waals surface area (Å²) >= 11 is 1.34. The van der Waals surface area contributed by atoms with Gasteiger partial charge in [-0.3, -0.25) is 9.59 Å². The smallest absolute Gasteiger partial charge is 0.339 e. The van der Waals surface area contributed by atoms with Gasteiger partial charge < -0.3 is 24.0 Å². The van der Waals surface area contributed by atoms with Gasteiger partial charge in [0, 0.05) is 24.9 Å².